The third-order valence-electron chi connectivity index (χ3n) is 2.14. The molecule has 1 aliphatic rings. The van der Waals surface area contributed by atoms with Crippen molar-refractivity contribution in [1.82, 2.24) is 0 Å². The minimum absolute atomic E-state index is 0.396. The maximum Gasteiger partial charge on any atom is 0.0691 e. The summed E-state index contributed by atoms with van der Waals surface area (Å²) in [5.41, 5.74) is -0.396. The van der Waals surface area contributed by atoms with E-state index in [4.69, 9.17) is 4.74 Å². The van der Waals surface area contributed by atoms with Crippen LogP contribution in [0.5, 0.6) is 0 Å². The van der Waals surface area contributed by atoms with Gasteiger partial charge >= 0.3 is 0 Å². The SMILES string of the molecule is CC.CCCC1(O)CCOCC1. The molecule has 1 N–H and O–H groups in total. The van der Waals surface area contributed by atoms with Crippen molar-refractivity contribution in [2.75, 3.05) is 13.2 Å². The fourth-order valence-corrected chi connectivity index (χ4v) is 1.47. The Labute approximate surface area is 75.9 Å². The summed E-state index contributed by atoms with van der Waals surface area (Å²) in [6, 6.07) is 0. The third kappa shape index (κ3) is 4.07. The summed E-state index contributed by atoms with van der Waals surface area (Å²) in [5.74, 6) is 0. The highest BCUT2D eigenvalue weighted by molar-refractivity contribution is 4.79. The van der Waals surface area contributed by atoms with E-state index in [9.17, 15) is 5.11 Å². The molecule has 0 aromatic rings. The summed E-state index contributed by atoms with van der Waals surface area (Å²) in [6.45, 7) is 7.57. The Morgan fingerprint density at radius 1 is 1.25 bits per heavy atom. The van der Waals surface area contributed by atoms with Crippen LogP contribution in [0, 0.1) is 0 Å². The molecule has 1 rings (SSSR count). The molecule has 74 valence electrons. The van der Waals surface area contributed by atoms with E-state index in [0.29, 0.717) is 0 Å². The van der Waals surface area contributed by atoms with E-state index in [1.165, 1.54) is 0 Å². The molecule has 1 saturated heterocycles. The van der Waals surface area contributed by atoms with Crippen LogP contribution in [0.15, 0.2) is 0 Å². The molecule has 2 nitrogen and oxygen atoms in total. The smallest absolute Gasteiger partial charge is 0.0691 e. The van der Waals surface area contributed by atoms with Crippen molar-refractivity contribution in [2.45, 2.75) is 52.1 Å². The van der Waals surface area contributed by atoms with Crippen molar-refractivity contribution in [3.05, 3.63) is 0 Å². The molecule has 1 heterocycles. The maximum absolute atomic E-state index is 9.79. The van der Waals surface area contributed by atoms with Crippen LogP contribution in [0.2, 0.25) is 0 Å². The van der Waals surface area contributed by atoms with E-state index in [1.54, 1.807) is 0 Å². The third-order valence-corrected chi connectivity index (χ3v) is 2.14. The first kappa shape index (κ1) is 11.9. The zero-order chi connectivity index (χ0) is 9.45. The second-order valence-corrected chi connectivity index (χ2v) is 3.09. The van der Waals surface area contributed by atoms with Gasteiger partial charge in [-0.05, 0) is 19.3 Å². The molecule has 2 heteroatoms. The zero-order valence-electron chi connectivity index (χ0n) is 8.60. The molecular weight excluding hydrogens is 152 g/mol. The normalized spacial score (nSPS) is 21.0. The fraction of sp³-hybridized carbons (Fsp3) is 1.00. The standard InChI is InChI=1S/C8H16O2.C2H6/c1-2-3-8(9)4-6-10-7-5-8;1-2/h9H,2-7H2,1H3;1-2H3. The average molecular weight is 174 g/mol. The van der Waals surface area contributed by atoms with Crippen molar-refractivity contribution in [2.24, 2.45) is 0 Å². The summed E-state index contributed by atoms with van der Waals surface area (Å²) in [6.07, 6.45) is 3.63. The predicted molar refractivity (Wildman–Crippen MR) is 51.3 cm³/mol. The van der Waals surface area contributed by atoms with Gasteiger partial charge in [-0.2, -0.15) is 0 Å². The number of aliphatic hydroxyl groups is 1. The number of hydrogen-bond donors (Lipinski definition) is 1. The molecule has 1 fully saturated rings. The van der Waals surface area contributed by atoms with Gasteiger partial charge in [-0.3, -0.25) is 0 Å². The Bertz CT molecular complexity index is 90.5. The molecule has 0 amide bonds. The Balaban J connectivity index is 0.000000561. The van der Waals surface area contributed by atoms with Gasteiger partial charge in [0.2, 0.25) is 0 Å². The summed E-state index contributed by atoms with van der Waals surface area (Å²) >= 11 is 0. The Hall–Kier alpha value is -0.0800. The highest BCUT2D eigenvalue weighted by Crippen LogP contribution is 2.24. The summed E-state index contributed by atoms with van der Waals surface area (Å²) in [5, 5.41) is 9.79. The molecule has 12 heavy (non-hydrogen) atoms. The molecule has 0 radical (unpaired) electrons. The lowest BCUT2D eigenvalue weighted by molar-refractivity contribution is -0.0681. The van der Waals surface area contributed by atoms with Crippen molar-refractivity contribution in [3.63, 3.8) is 0 Å². The Morgan fingerprint density at radius 3 is 2.17 bits per heavy atom. The first-order valence-electron chi connectivity index (χ1n) is 5.07. The summed E-state index contributed by atoms with van der Waals surface area (Å²) in [4.78, 5) is 0. The molecule has 0 spiro atoms. The molecule has 0 aromatic carbocycles. The van der Waals surface area contributed by atoms with E-state index in [1.807, 2.05) is 13.8 Å². The van der Waals surface area contributed by atoms with Gasteiger partial charge < -0.3 is 9.84 Å². The molecule has 1 aliphatic heterocycles. The minimum atomic E-state index is -0.396. The Morgan fingerprint density at radius 2 is 1.75 bits per heavy atom. The predicted octanol–water partition coefficient (Wildman–Crippen LogP) is 2.35. The fourth-order valence-electron chi connectivity index (χ4n) is 1.47. The lowest BCUT2D eigenvalue weighted by Gasteiger charge is -2.31. The average Bonchev–Trinajstić information content (AvgIpc) is 2.09. The van der Waals surface area contributed by atoms with Crippen molar-refractivity contribution in [3.8, 4) is 0 Å². The molecular formula is C10H22O2. The monoisotopic (exact) mass is 174 g/mol. The van der Waals surface area contributed by atoms with Crippen LogP contribution >= 0.6 is 0 Å². The van der Waals surface area contributed by atoms with Gasteiger partial charge in [0.15, 0.2) is 0 Å². The maximum atomic E-state index is 9.79. The second kappa shape index (κ2) is 6.44. The topological polar surface area (TPSA) is 29.5 Å². The molecule has 0 saturated carbocycles. The first-order valence-corrected chi connectivity index (χ1v) is 5.07. The molecule has 0 aromatic heterocycles. The number of ether oxygens (including phenoxy) is 1. The molecule has 0 bridgehead atoms. The van der Waals surface area contributed by atoms with Crippen LogP contribution in [0.4, 0.5) is 0 Å². The molecule has 0 atom stereocenters. The van der Waals surface area contributed by atoms with E-state index in [2.05, 4.69) is 6.92 Å². The second-order valence-electron chi connectivity index (χ2n) is 3.09. The van der Waals surface area contributed by atoms with Crippen molar-refractivity contribution >= 4 is 0 Å². The van der Waals surface area contributed by atoms with Gasteiger partial charge in [-0.15, -0.1) is 0 Å². The molecule has 0 unspecified atom stereocenters. The van der Waals surface area contributed by atoms with Gasteiger partial charge in [-0.25, -0.2) is 0 Å². The highest BCUT2D eigenvalue weighted by Gasteiger charge is 2.27. The van der Waals surface area contributed by atoms with E-state index < -0.39 is 5.60 Å². The molecule has 0 aliphatic carbocycles. The Kier molecular flexibility index (Phi) is 6.39. The van der Waals surface area contributed by atoms with E-state index in [0.717, 1.165) is 38.9 Å². The van der Waals surface area contributed by atoms with Crippen LogP contribution < -0.4 is 0 Å². The lowest BCUT2D eigenvalue weighted by Crippen LogP contribution is -2.35. The van der Waals surface area contributed by atoms with Crippen molar-refractivity contribution < 1.29 is 9.84 Å². The van der Waals surface area contributed by atoms with Crippen LogP contribution in [-0.4, -0.2) is 23.9 Å². The van der Waals surface area contributed by atoms with E-state index in [-0.39, 0.29) is 0 Å². The van der Waals surface area contributed by atoms with Gasteiger partial charge in [0.25, 0.3) is 0 Å². The summed E-state index contributed by atoms with van der Waals surface area (Å²) in [7, 11) is 0. The minimum Gasteiger partial charge on any atom is -0.390 e. The number of rotatable bonds is 2. The van der Waals surface area contributed by atoms with Gasteiger partial charge in [0.05, 0.1) is 5.60 Å². The van der Waals surface area contributed by atoms with Crippen LogP contribution in [0.3, 0.4) is 0 Å². The summed E-state index contributed by atoms with van der Waals surface area (Å²) < 4.78 is 5.15. The zero-order valence-corrected chi connectivity index (χ0v) is 8.60. The largest absolute Gasteiger partial charge is 0.390 e. The van der Waals surface area contributed by atoms with E-state index >= 15 is 0 Å². The van der Waals surface area contributed by atoms with Crippen molar-refractivity contribution in [1.29, 1.82) is 0 Å². The lowest BCUT2D eigenvalue weighted by atomic mass is 9.90. The van der Waals surface area contributed by atoms with Gasteiger partial charge in [0.1, 0.15) is 0 Å². The van der Waals surface area contributed by atoms with Gasteiger partial charge in [-0.1, -0.05) is 27.2 Å². The number of hydrogen-bond acceptors (Lipinski definition) is 2. The van der Waals surface area contributed by atoms with Crippen LogP contribution in [0.25, 0.3) is 0 Å². The highest BCUT2D eigenvalue weighted by atomic mass is 16.5. The quantitative estimate of drug-likeness (QED) is 0.696. The van der Waals surface area contributed by atoms with Crippen LogP contribution in [0.1, 0.15) is 46.5 Å². The van der Waals surface area contributed by atoms with Gasteiger partial charge in [0, 0.05) is 13.2 Å². The first-order chi connectivity index (χ1) is 5.77. The van der Waals surface area contributed by atoms with Crippen LogP contribution in [-0.2, 0) is 4.74 Å².